The summed E-state index contributed by atoms with van der Waals surface area (Å²) in [6.45, 7) is 2.31. The van der Waals surface area contributed by atoms with Gasteiger partial charge in [0.2, 0.25) is 11.8 Å². The van der Waals surface area contributed by atoms with Gasteiger partial charge < -0.3 is 9.80 Å². The van der Waals surface area contributed by atoms with Crippen molar-refractivity contribution in [2.75, 3.05) is 25.4 Å². The molecule has 22 heavy (non-hydrogen) atoms. The Morgan fingerprint density at radius 1 is 1.14 bits per heavy atom. The Morgan fingerprint density at radius 2 is 1.91 bits per heavy atom. The van der Waals surface area contributed by atoms with E-state index in [2.05, 4.69) is 0 Å². The van der Waals surface area contributed by atoms with E-state index in [-0.39, 0.29) is 17.2 Å². The number of thioether (sulfide) groups is 1. The molecule has 0 radical (unpaired) electrons. The van der Waals surface area contributed by atoms with Crippen LogP contribution in [-0.4, -0.2) is 47.0 Å². The van der Waals surface area contributed by atoms with E-state index in [4.69, 9.17) is 11.6 Å². The van der Waals surface area contributed by atoms with Gasteiger partial charge in [-0.1, -0.05) is 23.7 Å². The number of benzene rings is 1. The number of rotatable bonds is 5. The highest BCUT2D eigenvalue weighted by molar-refractivity contribution is 8.00. The Balaban J connectivity index is 1.59. The molecule has 0 saturated carbocycles. The fourth-order valence-electron chi connectivity index (χ4n) is 2.97. The molecule has 2 heterocycles. The maximum atomic E-state index is 12.1. The lowest BCUT2D eigenvalue weighted by Crippen LogP contribution is -2.33. The molecule has 0 aliphatic carbocycles. The maximum Gasteiger partial charge on any atom is 0.233 e. The van der Waals surface area contributed by atoms with E-state index < -0.39 is 0 Å². The molecule has 2 aliphatic heterocycles. The van der Waals surface area contributed by atoms with Crippen molar-refractivity contribution in [2.24, 2.45) is 0 Å². The van der Waals surface area contributed by atoms with Crippen LogP contribution in [0.25, 0.3) is 0 Å². The topological polar surface area (TPSA) is 40.6 Å². The van der Waals surface area contributed by atoms with Crippen molar-refractivity contribution in [3.8, 4) is 0 Å². The molecular weight excluding hydrogens is 320 g/mol. The monoisotopic (exact) mass is 338 g/mol. The van der Waals surface area contributed by atoms with Crippen molar-refractivity contribution in [2.45, 2.75) is 24.6 Å². The zero-order valence-electron chi connectivity index (χ0n) is 12.3. The normalized spacial score (nSPS) is 22.0. The number of nitrogens with zero attached hydrogens (tertiary/aromatic N) is 2. The van der Waals surface area contributed by atoms with Crippen LogP contribution in [0.4, 0.5) is 0 Å². The summed E-state index contributed by atoms with van der Waals surface area (Å²) in [6, 6.07) is 7.69. The van der Waals surface area contributed by atoms with Gasteiger partial charge in [-0.2, -0.15) is 0 Å². The Hall–Kier alpha value is -1.20. The van der Waals surface area contributed by atoms with Crippen molar-refractivity contribution >= 4 is 35.2 Å². The lowest BCUT2D eigenvalue weighted by molar-refractivity contribution is -0.128. The van der Waals surface area contributed by atoms with Crippen molar-refractivity contribution in [1.29, 1.82) is 0 Å². The van der Waals surface area contributed by atoms with Crippen molar-refractivity contribution in [3.63, 3.8) is 0 Å². The van der Waals surface area contributed by atoms with Crippen LogP contribution in [0.5, 0.6) is 0 Å². The summed E-state index contributed by atoms with van der Waals surface area (Å²) in [6.07, 6.45) is 2.47. The second-order valence-electron chi connectivity index (χ2n) is 5.64. The van der Waals surface area contributed by atoms with Crippen molar-refractivity contribution in [3.05, 3.63) is 34.9 Å². The second-order valence-corrected chi connectivity index (χ2v) is 7.14. The number of hydrogen-bond acceptors (Lipinski definition) is 3. The third-order valence-corrected chi connectivity index (χ3v) is 5.63. The summed E-state index contributed by atoms with van der Waals surface area (Å²) in [5.74, 6) is 0.949. The van der Waals surface area contributed by atoms with Gasteiger partial charge in [-0.25, -0.2) is 0 Å². The average Bonchev–Trinajstić information content (AvgIpc) is 3.07. The lowest BCUT2D eigenvalue weighted by Gasteiger charge is -2.25. The van der Waals surface area contributed by atoms with Gasteiger partial charge in [0.15, 0.2) is 0 Å². The van der Waals surface area contributed by atoms with E-state index in [1.807, 2.05) is 34.1 Å². The molecule has 1 aromatic carbocycles. The first kappa shape index (κ1) is 15.7. The van der Waals surface area contributed by atoms with Gasteiger partial charge in [0.05, 0.1) is 5.75 Å². The van der Waals surface area contributed by atoms with Crippen LogP contribution in [0, 0.1) is 0 Å². The van der Waals surface area contributed by atoms with Gasteiger partial charge in [0.25, 0.3) is 0 Å². The molecule has 0 N–H and O–H groups in total. The Kier molecular flexibility index (Phi) is 4.93. The first-order chi connectivity index (χ1) is 10.6. The van der Waals surface area contributed by atoms with Crippen LogP contribution < -0.4 is 0 Å². The van der Waals surface area contributed by atoms with Crippen molar-refractivity contribution < 1.29 is 9.59 Å². The van der Waals surface area contributed by atoms with E-state index in [0.29, 0.717) is 23.7 Å². The zero-order chi connectivity index (χ0) is 15.5. The summed E-state index contributed by atoms with van der Waals surface area (Å²) in [7, 11) is 0. The highest BCUT2D eigenvalue weighted by atomic mass is 35.5. The van der Waals surface area contributed by atoms with Gasteiger partial charge in [-0.3, -0.25) is 9.59 Å². The number of carbonyl (C=O) groups is 2. The minimum atomic E-state index is 0.0686. The summed E-state index contributed by atoms with van der Waals surface area (Å²) in [5.41, 5.74) is 1.11. The van der Waals surface area contributed by atoms with E-state index >= 15 is 0 Å². The number of hydrogen-bond donors (Lipinski definition) is 0. The highest BCUT2D eigenvalue weighted by Gasteiger charge is 2.32. The molecule has 4 nitrogen and oxygen atoms in total. The number of likely N-dealkylation sites (tertiary alicyclic amines) is 1. The van der Waals surface area contributed by atoms with E-state index in [1.165, 1.54) is 0 Å². The largest absolute Gasteiger partial charge is 0.343 e. The van der Waals surface area contributed by atoms with Crippen molar-refractivity contribution in [1.82, 2.24) is 9.80 Å². The van der Waals surface area contributed by atoms with Gasteiger partial charge in [0, 0.05) is 31.1 Å². The van der Waals surface area contributed by atoms with Crippen LogP contribution in [0.1, 0.15) is 30.2 Å². The first-order valence-corrected chi connectivity index (χ1v) is 9.02. The van der Waals surface area contributed by atoms with E-state index in [1.54, 1.807) is 11.8 Å². The molecule has 2 aliphatic rings. The average molecular weight is 339 g/mol. The standard InChI is InChI=1S/C16H19ClN2O2S/c17-13-6-4-12(5-7-13)16-19(15(21)11-22-16)10-2-9-18-8-1-3-14(18)20/h4-7,16H,1-3,8-11H2. The summed E-state index contributed by atoms with van der Waals surface area (Å²) >= 11 is 7.58. The van der Waals surface area contributed by atoms with Gasteiger partial charge >= 0.3 is 0 Å². The smallest absolute Gasteiger partial charge is 0.233 e. The third kappa shape index (κ3) is 3.41. The summed E-state index contributed by atoms with van der Waals surface area (Å²) in [5, 5.41) is 0.774. The van der Waals surface area contributed by atoms with Gasteiger partial charge in [-0.15, -0.1) is 11.8 Å². The first-order valence-electron chi connectivity index (χ1n) is 7.59. The van der Waals surface area contributed by atoms with Gasteiger partial charge in [-0.05, 0) is 30.5 Å². The molecule has 1 aromatic rings. The minimum absolute atomic E-state index is 0.0686. The summed E-state index contributed by atoms with van der Waals surface area (Å²) < 4.78 is 0. The van der Waals surface area contributed by atoms with Gasteiger partial charge in [0.1, 0.15) is 5.37 Å². The SMILES string of the molecule is O=C1CCCN1CCCN1C(=O)CSC1c1ccc(Cl)cc1. The third-order valence-electron chi connectivity index (χ3n) is 4.12. The van der Waals surface area contributed by atoms with Crippen LogP contribution in [0.2, 0.25) is 5.02 Å². The predicted molar refractivity (Wildman–Crippen MR) is 88.8 cm³/mol. The van der Waals surface area contributed by atoms with E-state index in [9.17, 15) is 9.59 Å². The molecule has 0 aromatic heterocycles. The van der Waals surface area contributed by atoms with Crippen LogP contribution >= 0.6 is 23.4 Å². The maximum absolute atomic E-state index is 12.1. The van der Waals surface area contributed by atoms with Crippen LogP contribution in [0.3, 0.4) is 0 Å². The fourth-order valence-corrected chi connectivity index (χ4v) is 4.32. The number of amides is 2. The molecule has 118 valence electrons. The molecule has 6 heteroatoms. The molecule has 2 fully saturated rings. The Bertz CT molecular complexity index is 564. The Labute approximate surface area is 139 Å². The molecule has 3 rings (SSSR count). The van der Waals surface area contributed by atoms with E-state index in [0.717, 1.165) is 31.5 Å². The Morgan fingerprint density at radius 3 is 2.59 bits per heavy atom. The minimum Gasteiger partial charge on any atom is -0.343 e. The predicted octanol–water partition coefficient (Wildman–Crippen LogP) is 2.93. The quantitative estimate of drug-likeness (QED) is 0.828. The second kappa shape index (κ2) is 6.92. The molecule has 0 spiro atoms. The highest BCUT2D eigenvalue weighted by Crippen LogP contribution is 2.38. The summed E-state index contributed by atoms with van der Waals surface area (Å²) in [4.78, 5) is 27.6. The van der Waals surface area contributed by atoms with Crippen LogP contribution in [-0.2, 0) is 9.59 Å². The zero-order valence-corrected chi connectivity index (χ0v) is 13.9. The molecular formula is C16H19ClN2O2S. The fraction of sp³-hybridized carbons (Fsp3) is 0.500. The molecule has 1 atom stereocenters. The van der Waals surface area contributed by atoms with Crippen LogP contribution in [0.15, 0.2) is 24.3 Å². The number of carbonyl (C=O) groups excluding carboxylic acids is 2. The molecule has 2 amide bonds. The molecule has 2 saturated heterocycles. The number of halogens is 1. The molecule has 1 unspecified atom stereocenters. The molecule has 0 bridgehead atoms. The lowest BCUT2D eigenvalue weighted by atomic mass is 10.2.